The van der Waals surface area contributed by atoms with Crippen molar-refractivity contribution in [2.45, 2.75) is 45.1 Å². The van der Waals surface area contributed by atoms with Crippen molar-refractivity contribution >= 4 is 5.91 Å². The molecule has 3 nitrogen and oxygen atoms in total. The zero-order valence-electron chi connectivity index (χ0n) is 9.29. The van der Waals surface area contributed by atoms with Crippen molar-refractivity contribution in [3.05, 3.63) is 0 Å². The van der Waals surface area contributed by atoms with E-state index in [1.807, 2.05) is 4.90 Å². The van der Waals surface area contributed by atoms with Gasteiger partial charge in [0.05, 0.1) is 0 Å². The van der Waals surface area contributed by atoms with Gasteiger partial charge in [-0.1, -0.05) is 19.8 Å². The molecule has 1 aliphatic heterocycles. The first-order valence-corrected chi connectivity index (χ1v) is 5.58. The van der Waals surface area contributed by atoms with Crippen LogP contribution in [0.25, 0.3) is 0 Å². The van der Waals surface area contributed by atoms with Crippen LogP contribution < -0.4 is 0 Å². The first-order chi connectivity index (χ1) is 6.79. The Morgan fingerprint density at radius 2 is 2.21 bits per heavy atom. The van der Waals surface area contributed by atoms with Crippen LogP contribution in [-0.4, -0.2) is 37.1 Å². The molecular weight excluding hydrogens is 178 g/mol. The van der Waals surface area contributed by atoms with E-state index in [4.69, 9.17) is 4.74 Å². The first kappa shape index (κ1) is 11.5. The van der Waals surface area contributed by atoms with E-state index in [0.29, 0.717) is 6.04 Å². The zero-order valence-corrected chi connectivity index (χ0v) is 9.29. The molecule has 1 aliphatic rings. The zero-order chi connectivity index (χ0) is 10.4. The Balaban J connectivity index is 2.55. The van der Waals surface area contributed by atoms with Crippen LogP contribution in [0, 0.1) is 0 Å². The highest BCUT2D eigenvalue weighted by Gasteiger charge is 2.23. The number of nitrogens with zero attached hydrogens (tertiary/aromatic N) is 1. The minimum absolute atomic E-state index is 0.154. The van der Waals surface area contributed by atoms with Gasteiger partial charge in [0.25, 0.3) is 0 Å². The molecule has 0 radical (unpaired) electrons. The van der Waals surface area contributed by atoms with E-state index in [1.54, 1.807) is 7.11 Å². The Bertz CT molecular complexity index is 182. The van der Waals surface area contributed by atoms with Crippen LogP contribution in [0.3, 0.4) is 0 Å². The number of rotatable bonds is 3. The van der Waals surface area contributed by atoms with Crippen LogP contribution in [0.2, 0.25) is 0 Å². The van der Waals surface area contributed by atoms with Crippen molar-refractivity contribution in [1.82, 2.24) is 4.90 Å². The molecular formula is C11H21NO2. The number of ether oxygens (including phenoxy) is 1. The second kappa shape index (κ2) is 6.02. The fourth-order valence-electron chi connectivity index (χ4n) is 2.14. The summed E-state index contributed by atoms with van der Waals surface area (Å²) in [4.78, 5) is 13.7. The molecule has 0 bridgehead atoms. The van der Waals surface area contributed by atoms with E-state index in [1.165, 1.54) is 12.8 Å². The molecule has 1 atom stereocenters. The average Bonchev–Trinajstić information content (AvgIpc) is 2.42. The first-order valence-electron chi connectivity index (χ1n) is 5.58. The van der Waals surface area contributed by atoms with Crippen LogP contribution in [0.4, 0.5) is 0 Å². The van der Waals surface area contributed by atoms with Gasteiger partial charge in [0.15, 0.2) is 0 Å². The molecule has 3 heteroatoms. The van der Waals surface area contributed by atoms with Gasteiger partial charge in [-0.15, -0.1) is 0 Å². The van der Waals surface area contributed by atoms with E-state index in [9.17, 15) is 4.79 Å². The predicted octanol–water partition coefficient (Wildman–Crippen LogP) is 1.81. The fourth-order valence-corrected chi connectivity index (χ4v) is 2.14. The number of methoxy groups -OCH3 is 1. The third-order valence-electron chi connectivity index (χ3n) is 2.94. The van der Waals surface area contributed by atoms with Gasteiger partial charge >= 0.3 is 0 Å². The molecule has 0 N–H and O–H groups in total. The van der Waals surface area contributed by atoms with E-state index in [2.05, 4.69) is 6.92 Å². The minimum Gasteiger partial charge on any atom is -0.375 e. The summed E-state index contributed by atoms with van der Waals surface area (Å²) in [6.45, 7) is 3.31. The third kappa shape index (κ3) is 2.98. The lowest BCUT2D eigenvalue weighted by Gasteiger charge is -2.29. The van der Waals surface area contributed by atoms with Crippen molar-refractivity contribution < 1.29 is 9.53 Å². The molecule has 1 amide bonds. The molecule has 0 spiro atoms. The van der Waals surface area contributed by atoms with Crippen LogP contribution in [-0.2, 0) is 9.53 Å². The van der Waals surface area contributed by atoms with E-state index < -0.39 is 0 Å². The van der Waals surface area contributed by atoms with Gasteiger partial charge in [-0.05, 0) is 19.3 Å². The van der Waals surface area contributed by atoms with E-state index in [0.717, 1.165) is 25.8 Å². The average molecular weight is 199 g/mol. The summed E-state index contributed by atoms with van der Waals surface area (Å²) >= 11 is 0. The smallest absolute Gasteiger partial charge is 0.248 e. The Morgan fingerprint density at radius 1 is 1.43 bits per heavy atom. The van der Waals surface area contributed by atoms with Gasteiger partial charge in [-0.25, -0.2) is 0 Å². The van der Waals surface area contributed by atoms with Gasteiger partial charge in [-0.2, -0.15) is 0 Å². The molecule has 0 aliphatic carbocycles. The maximum absolute atomic E-state index is 11.7. The lowest BCUT2D eigenvalue weighted by molar-refractivity contribution is -0.137. The highest BCUT2D eigenvalue weighted by molar-refractivity contribution is 5.77. The minimum atomic E-state index is 0.154. The third-order valence-corrected chi connectivity index (χ3v) is 2.94. The largest absolute Gasteiger partial charge is 0.375 e. The van der Waals surface area contributed by atoms with Crippen LogP contribution in [0.5, 0.6) is 0 Å². The lowest BCUT2D eigenvalue weighted by atomic mass is 10.1. The number of carbonyl (C=O) groups is 1. The fraction of sp³-hybridized carbons (Fsp3) is 0.909. The van der Waals surface area contributed by atoms with Gasteiger partial charge in [0, 0.05) is 19.7 Å². The molecule has 1 rings (SSSR count). The Labute approximate surface area is 86.4 Å². The van der Waals surface area contributed by atoms with E-state index in [-0.39, 0.29) is 12.5 Å². The molecule has 0 aromatic carbocycles. The molecule has 1 fully saturated rings. The molecule has 0 aromatic heterocycles. The number of amides is 1. The van der Waals surface area contributed by atoms with Gasteiger partial charge in [0.1, 0.15) is 6.61 Å². The Hall–Kier alpha value is -0.570. The molecule has 0 saturated carbocycles. The quantitative estimate of drug-likeness (QED) is 0.694. The molecule has 1 heterocycles. The van der Waals surface area contributed by atoms with Gasteiger partial charge in [-0.3, -0.25) is 4.79 Å². The van der Waals surface area contributed by atoms with Crippen LogP contribution >= 0.6 is 0 Å². The number of hydrogen-bond donors (Lipinski definition) is 0. The second-order valence-electron chi connectivity index (χ2n) is 3.93. The topological polar surface area (TPSA) is 29.5 Å². The summed E-state index contributed by atoms with van der Waals surface area (Å²) in [5.74, 6) is 0.154. The molecule has 1 saturated heterocycles. The molecule has 0 aromatic rings. The number of hydrogen-bond acceptors (Lipinski definition) is 2. The Kier molecular flexibility index (Phi) is 4.94. The van der Waals surface area contributed by atoms with Crippen molar-refractivity contribution in [3.8, 4) is 0 Å². The number of likely N-dealkylation sites (tertiary alicyclic amines) is 1. The lowest BCUT2D eigenvalue weighted by Crippen LogP contribution is -2.41. The normalized spacial score (nSPS) is 23.3. The van der Waals surface area contributed by atoms with Gasteiger partial charge in [0.2, 0.25) is 5.91 Å². The van der Waals surface area contributed by atoms with Crippen molar-refractivity contribution in [2.75, 3.05) is 20.3 Å². The summed E-state index contributed by atoms with van der Waals surface area (Å²) in [5, 5.41) is 0. The standard InChI is InChI=1S/C11H21NO2/c1-3-10-7-5-4-6-8-12(10)11(13)9-14-2/h10H,3-9H2,1-2H3. The summed E-state index contributed by atoms with van der Waals surface area (Å²) < 4.78 is 4.90. The maximum atomic E-state index is 11.7. The second-order valence-corrected chi connectivity index (χ2v) is 3.93. The van der Waals surface area contributed by atoms with Gasteiger partial charge < -0.3 is 9.64 Å². The maximum Gasteiger partial charge on any atom is 0.248 e. The molecule has 14 heavy (non-hydrogen) atoms. The Morgan fingerprint density at radius 3 is 2.86 bits per heavy atom. The van der Waals surface area contributed by atoms with Crippen molar-refractivity contribution in [1.29, 1.82) is 0 Å². The predicted molar refractivity (Wildman–Crippen MR) is 56.1 cm³/mol. The molecule has 1 unspecified atom stereocenters. The van der Waals surface area contributed by atoms with Crippen LogP contribution in [0.1, 0.15) is 39.0 Å². The monoisotopic (exact) mass is 199 g/mol. The summed E-state index contributed by atoms with van der Waals surface area (Å²) in [6.07, 6.45) is 5.88. The van der Waals surface area contributed by atoms with Crippen molar-refractivity contribution in [2.24, 2.45) is 0 Å². The van der Waals surface area contributed by atoms with E-state index >= 15 is 0 Å². The summed E-state index contributed by atoms with van der Waals surface area (Å²) in [5.41, 5.74) is 0. The number of carbonyl (C=O) groups excluding carboxylic acids is 1. The molecule has 82 valence electrons. The van der Waals surface area contributed by atoms with Crippen LogP contribution in [0.15, 0.2) is 0 Å². The highest BCUT2D eigenvalue weighted by Crippen LogP contribution is 2.19. The SMILES string of the molecule is CCC1CCCCCN1C(=O)COC. The van der Waals surface area contributed by atoms with Crippen molar-refractivity contribution in [3.63, 3.8) is 0 Å². The summed E-state index contributed by atoms with van der Waals surface area (Å²) in [6, 6.07) is 0.445. The summed E-state index contributed by atoms with van der Waals surface area (Å²) in [7, 11) is 1.58. The highest BCUT2D eigenvalue weighted by atomic mass is 16.5.